The highest BCUT2D eigenvalue weighted by Gasteiger charge is 2.40. The Labute approximate surface area is 163 Å². The molecular weight excluding hydrogens is 381 g/mol. The van der Waals surface area contributed by atoms with Crippen LogP contribution < -0.4 is 10.2 Å². The molecule has 3 aromatic rings. The summed E-state index contributed by atoms with van der Waals surface area (Å²) in [7, 11) is 0. The lowest BCUT2D eigenvalue weighted by Crippen LogP contribution is -2.32. The molecule has 0 bridgehead atoms. The van der Waals surface area contributed by atoms with Gasteiger partial charge in [0.15, 0.2) is 11.6 Å². The summed E-state index contributed by atoms with van der Waals surface area (Å²) in [6.45, 7) is 0. The smallest absolute Gasteiger partial charge is 0.282 e. The first kappa shape index (κ1) is 18.5. The predicted octanol–water partition coefficient (Wildman–Crippen LogP) is 4.50. The summed E-state index contributed by atoms with van der Waals surface area (Å²) in [5, 5.41) is 2.80. The molecule has 1 N–H and O–H groups in total. The summed E-state index contributed by atoms with van der Waals surface area (Å²) in [5.74, 6) is -4.26. The molecule has 0 fully saturated rings. The normalized spacial score (nSPS) is 14.0. The van der Waals surface area contributed by atoms with Gasteiger partial charge in [-0.25, -0.2) is 18.1 Å². The number of anilines is 2. The number of amides is 2. The van der Waals surface area contributed by atoms with E-state index in [0.29, 0.717) is 5.56 Å². The molecule has 29 heavy (non-hydrogen) atoms. The molecule has 4 rings (SSSR count). The van der Waals surface area contributed by atoms with Crippen LogP contribution in [-0.2, 0) is 9.59 Å². The van der Waals surface area contributed by atoms with Crippen LogP contribution in [0.25, 0.3) is 5.57 Å². The van der Waals surface area contributed by atoms with Crippen molar-refractivity contribution in [3.63, 3.8) is 0 Å². The van der Waals surface area contributed by atoms with Gasteiger partial charge in [-0.1, -0.05) is 36.4 Å². The third-order valence-electron chi connectivity index (χ3n) is 4.40. The van der Waals surface area contributed by atoms with Crippen molar-refractivity contribution in [1.29, 1.82) is 0 Å². The van der Waals surface area contributed by atoms with E-state index in [4.69, 9.17) is 0 Å². The number of hydrogen-bond donors (Lipinski definition) is 1. The van der Waals surface area contributed by atoms with Crippen molar-refractivity contribution in [1.82, 2.24) is 0 Å². The van der Waals surface area contributed by atoms with Gasteiger partial charge < -0.3 is 5.32 Å². The van der Waals surface area contributed by atoms with E-state index < -0.39 is 29.3 Å². The Balaban J connectivity index is 1.82. The SMILES string of the molecule is O=C1C(Nc2cccc(F)c2)=C(c2ccccc2)C(=O)N1c1ccc(F)c(F)c1. The fourth-order valence-electron chi connectivity index (χ4n) is 3.09. The molecule has 1 heterocycles. The molecular formula is C22H13F3N2O2. The second-order valence-corrected chi connectivity index (χ2v) is 6.30. The predicted molar refractivity (Wildman–Crippen MR) is 102 cm³/mol. The maximum Gasteiger partial charge on any atom is 0.282 e. The van der Waals surface area contributed by atoms with Crippen molar-refractivity contribution in [2.24, 2.45) is 0 Å². The van der Waals surface area contributed by atoms with Gasteiger partial charge in [-0.3, -0.25) is 9.59 Å². The van der Waals surface area contributed by atoms with Crippen molar-refractivity contribution < 1.29 is 22.8 Å². The van der Waals surface area contributed by atoms with E-state index >= 15 is 0 Å². The van der Waals surface area contributed by atoms with Crippen LogP contribution in [0.5, 0.6) is 0 Å². The van der Waals surface area contributed by atoms with Gasteiger partial charge in [0.25, 0.3) is 11.8 Å². The van der Waals surface area contributed by atoms with E-state index in [1.54, 1.807) is 30.3 Å². The van der Waals surface area contributed by atoms with Gasteiger partial charge in [-0.2, -0.15) is 0 Å². The molecule has 0 atom stereocenters. The van der Waals surface area contributed by atoms with Gasteiger partial charge >= 0.3 is 0 Å². The average Bonchev–Trinajstić information content (AvgIpc) is 2.95. The third-order valence-corrected chi connectivity index (χ3v) is 4.40. The Kier molecular flexibility index (Phi) is 4.64. The quantitative estimate of drug-likeness (QED) is 0.663. The molecule has 0 aromatic heterocycles. The third kappa shape index (κ3) is 3.38. The number of rotatable bonds is 4. The lowest BCUT2D eigenvalue weighted by atomic mass is 10.0. The van der Waals surface area contributed by atoms with E-state index in [1.807, 2.05) is 0 Å². The van der Waals surface area contributed by atoms with Crippen LogP contribution in [0.1, 0.15) is 5.56 Å². The molecule has 144 valence electrons. The summed E-state index contributed by atoms with van der Waals surface area (Å²) >= 11 is 0. The van der Waals surface area contributed by atoms with Crippen molar-refractivity contribution in [2.45, 2.75) is 0 Å². The monoisotopic (exact) mass is 394 g/mol. The van der Waals surface area contributed by atoms with Gasteiger partial charge in [-0.15, -0.1) is 0 Å². The number of nitrogens with one attached hydrogen (secondary N) is 1. The zero-order valence-electron chi connectivity index (χ0n) is 14.8. The maximum absolute atomic E-state index is 13.7. The van der Waals surface area contributed by atoms with E-state index in [1.165, 1.54) is 24.3 Å². The highest BCUT2D eigenvalue weighted by atomic mass is 19.2. The van der Waals surface area contributed by atoms with Gasteiger partial charge in [-0.05, 0) is 35.9 Å². The van der Waals surface area contributed by atoms with Gasteiger partial charge in [0.1, 0.15) is 11.5 Å². The Morgan fingerprint density at radius 2 is 1.48 bits per heavy atom. The molecule has 0 unspecified atom stereocenters. The summed E-state index contributed by atoms with van der Waals surface area (Å²) in [5.41, 5.74) is 0.570. The number of benzene rings is 3. The number of carbonyl (C=O) groups excluding carboxylic acids is 2. The Bertz CT molecular complexity index is 1160. The maximum atomic E-state index is 13.7. The van der Waals surface area contributed by atoms with Crippen LogP contribution in [0.2, 0.25) is 0 Å². The summed E-state index contributed by atoms with van der Waals surface area (Å²) in [6.07, 6.45) is 0. The van der Waals surface area contributed by atoms with Crippen LogP contribution >= 0.6 is 0 Å². The molecule has 4 nitrogen and oxygen atoms in total. The van der Waals surface area contributed by atoms with E-state index in [2.05, 4.69) is 5.32 Å². The van der Waals surface area contributed by atoms with E-state index in [0.717, 1.165) is 23.1 Å². The van der Waals surface area contributed by atoms with Gasteiger partial charge in [0.2, 0.25) is 0 Å². The molecule has 0 spiro atoms. The average molecular weight is 394 g/mol. The number of carbonyl (C=O) groups is 2. The highest BCUT2D eigenvalue weighted by Crippen LogP contribution is 2.34. The standard InChI is InChI=1S/C22H13F3N2O2/c23-14-7-4-8-15(11-14)26-20-19(13-5-2-1-3-6-13)21(28)27(22(20)29)16-9-10-17(24)18(25)12-16/h1-12,26H. The van der Waals surface area contributed by atoms with Gasteiger partial charge in [0, 0.05) is 11.8 Å². The lowest BCUT2D eigenvalue weighted by Gasteiger charge is -2.15. The summed E-state index contributed by atoms with van der Waals surface area (Å²) in [6, 6.07) is 16.6. The minimum absolute atomic E-state index is 0.0459. The molecule has 3 aromatic carbocycles. The van der Waals surface area contributed by atoms with Crippen molar-refractivity contribution in [2.75, 3.05) is 10.2 Å². The minimum Gasteiger partial charge on any atom is -0.350 e. The van der Waals surface area contributed by atoms with Crippen molar-refractivity contribution in [3.8, 4) is 0 Å². The minimum atomic E-state index is -1.18. The Morgan fingerprint density at radius 3 is 2.17 bits per heavy atom. The molecule has 0 radical (unpaired) electrons. The van der Waals surface area contributed by atoms with E-state index in [9.17, 15) is 22.8 Å². The largest absolute Gasteiger partial charge is 0.350 e. The number of nitrogens with zero attached hydrogens (tertiary/aromatic N) is 1. The summed E-state index contributed by atoms with van der Waals surface area (Å²) in [4.78, 5) is 26.9. The molecule has 0 aliphatic carbocycles. The number of hydrogen-bond acceptors (Lipinski definition) is 3. The fourth-order valence-corrected chi connectivity index (χ4v) is 3.09. The highest BCUT2D eigenvalue weighted by molar-refractivity contribution is 6.46. The zero-order valence-corrected chi connectivity index (χ0v) is 14.8. The number of halogens is 3. The van der Waals surface area contributed by atoms with Crippen LogP contribution in [0, 0.1) is 17.5 Å². The fraction of sp³-hybridized carbons (Fsp3) is 0. The summed E-state index contributed by atoms with van der Waals surface area (Å²) < 4.78 is 40.6. The van der Waals surface area contributed by atoms with Gasteiger partial charge in [0.05, 0.1) is 11.3 Å². The second kappa shape index (κ2) is 7.27. The molecule has 7 heteroatoms. The number of imide groups is 1. The molecule has 0 saturated heterocycles. The Morgan fingerprint density at radius 1 is 0.724 bits per heavy atom. The topological polar surface area (TPSA) is 49.4 Å². The van der Waals surface area contributed by atoms with E-state index in [-0.39, 0.29) is 22.6 Å². The van der Waals surface area contributed by atoms with Crippen molar-refractivity contribution >= 4 is 28.8 Å². The lowest BCUT2D eigenvalue weighted by molar-refractivity contribution is -0.120. The molecule has 1 aliphatic rings. The van der Waals surface area contributed by atoms with Crippen molar-refractivity contribution in [3.05, 3.63) is 102 Å². The molecule has 2 amide bonds. The van der Waals surface area contributed by atoms with Crippen LogP contribution in [0.3, 0.4) is 0 Å². The first-order valence-electron chi connectivity index (χ1n) is 8.62. The first-order chi connectivity index (χ1) is 14.0. The van der Waals surface area contributed by atoms with Crippen LogP contribution in [0.15, 0.2) is 78.5 Å². The molecule has 1 aliphatic heterocycles. The van der Waals surface area contributed by atoms with Crippen LogP contribution in [0.4, 0.5) is 24.5 Å². The first-order valence-corrected chi connectivity index (χ1v) is 8.62. The Hall–Kier alpha value is -3.87. The zero-order chi connectivity index (χ0) is 20.5. The molecule has 0 saturated carbocycles. The van der Waals surface area contributed by atoms with Crippen LogP contribution in [-0.4, -0.2) is 11.8 Å². The second-order valence-electron chi connectivity index (χ2n) is 6.30.